The maximum absolute atomic E-state index is 12.9. The molecule has 0 aliphatic heterocycles. The van der Waals surface area contributed by atoms with Crippen LogP contribution in [0.25, 0.3) is 0 Å². The van der Waals surface area contributed by atoms with E-state index >= 15 is 0 Å². The molecule has 0 radical (unpaired) electrons. The Balaban J connectivity index is 1.84. The summed E-state index contributed by atoms with van der Waals surface area (Å²) in [6.07, 6.45) is 3.78. The lowest BCUT2D eigenvalue weighted by atomic mass is 10.2. The van der Waals surface area contributed by atoms with Gasteiger partial charge in [-0.15, -0.1) is 0 Å². The number of carbonyl (C=O) groups is 1. The van der Waals surface area contributed by atoms with Crippen LogP contribution in [0, 0.1) is 5.95 Å². The van der Waals surface area contributed by atoms with E-state index in [-0.39, 0.29) is 11.9 Å². The molecule has 18 heavy (non-hydrogen) atoms. The van der Waals surface area contributed by atoms with Crippen LogP contribution in [0.2, 0.25) is 0 Å². The van der Waals surface area contributed by atoms with Crippen LogP contribution in [0.5, 0.6) is 0 Å². The van der Waals surface area contributed by atoms with Crippen molar-refractivity contribution in [2.45, 2.75) is 31.8 Å². The van der Waals surface area contributed by atoms with Gasteiger partial charge < -0.3 is 5.32 Å². The Morgan fingerprint density at radius 1 is 1.67 bits per heavy atom. The number of carbonyl (C=O) groups excluding carboxylic acids is 1. The molecule has 1 fully saturated rings. The smallest absolute Gasteiger partial charge is 0.251 e. The Bertz CT molecular complexity index is 434. The lowest BCUT2D eigenvalue weighted by Gasteiger charge is -2.24. The molecule has 1 unspecified atom stereocenters. The van der Waals surface area contributed by atoms with Gasteiger partial charge in [0, 0.05) is 36.5 Å². The summed E-state index contributed by atoms with van der Waals surface area (Å²) < 4.78 is 12.9. The average molecular weight is 251 g/mol. The largest absolute Gasteiger partial charge is 0.350 e. The first-order valence-electron chi connectivity index (χ1n) is 6.19. The summed E-state index contributed by atoms with van der Waals surface area (Å²) in [5.74, 6) is -0.891. The second-order valence-corrected chi connectivity index (χ2v) is 4.82. The van der Waals surface area contributed by atoms with Crippen molar-refractivity contribution in [1.29, 1.82) is 0 Å². The number of aromatic nitrogens is 1. The second-order valence-electron chi connectivity index (χ2n) is 4.82. The van der Waals surface area contributed by atoms with Gasteiger partial charge in [0.1, 0.15) is 0 Å². The standard InChI is InChI=1S/C13H18FN3O/c1-9(17(2)11-3-4-11)8-16-13(18)10-5-6-15-12(14)7-10/h5-7,9,11H,3-4,8H2,1-2H3,(H,16,18). The highest BCUT2D eigenvalue weighted by Crippen LogP contribution is 2.26. The van der Waals surface area contributed by atoms with E-state index in [1.807, 2.05) is 0 Å². The van der Waals surface area contributed by atoms with Crippen LogP contribution in [0.3, 0.4) is 0 Å². The highest BCUT2D eigenvalue weighted by molar-refractivity contribution is 5.94. The lowest BCUT2D eigenvalue weighted by molar-refractivity contribution is 0.0939. The number of halogens is 1. The zero-order chi connectivity index (χ0) is 13.1. The second kappa shape index (κ2) is 5.44. The molecule has 1 amide bonds. The van der Waals surface area contributed by atoms with Crippen molar-refractivity contribution in [3.63, 3.8) is 0 Å². The molecule has 1 aliphatic carbocycles. The van der Waals surface area contributed by atoms with Gasteiger partial charge in [-0.2, -0.15) is 4.39 Å². The summed E-state index contributed by atoms with van der Waals surface area (Å²) in [6.45, 7) is 2.64. The molecule has 0 saturated heterocycles. The van der Waals surface area contributed by atoms with Gasteiger partial charge >= 0.3 is 0 Å². The maximum Gasteiger partial charge on any atom is 0.251 e. The molecule has 98 valence electrons. The zero-order valence-electron chi connectivity index (χ0n) is 10.7. The number of rotatable bonds is 5. The maximum atomic E-state index is 12.9. The predicted molar refractivity (Wildman–Crippen MR) is 66.8 cm³/mol. The Labute approximate surface area is 106 Å². The van der Waals surface area contributed by atoms with E-state index in [4.69, 9.17) is 0 Å². The Morgan fingerprint density at radius 3 is 3.00 bits per heavy atom. The van der Waals surface area contributed by atoms with Gasteiger partial charge in [0.2, 0.25) is 5.95 Å². The van der Waals surface area contributed by atoms with E-state index in [1.165, 1.54) is 25.1 Å². The minimum Gasteiger partial charge on any atom is -0.350 e. The molecule has 5 heteroatoms. The van der Waals surface area contributed by atoms with E-state index in [0.29, 0.717) is 18.2 Å². The van der Waals surface area contributed by atoms with Crippen molar-refractivity contribution in [2.24, 2.45) is 0 Å². The van der Waals surface area contributed by atoms with Gasteiger partial charge in [0.15, 0.2) is 0 Å². The highest BCUT2D eigenvalue weighted by atomic mass is 19.1. The molecule has 1 atom stereocenters. The summed E-state index contributed by atoms with van der Waals surface area (Å²) in [6, 6.07) is 3.60. The number of nitrogens with one attached hydrogen (secondary N) is 1. The van der Waals surface area contributed by atoms with Crippen molar-refractivity contribution in [2.75, 3.05) is 13.6 Å². The van der Waals surface area contributed by atoms with Gasteiger partial charge in [-0.1, -0.05) is 0 Å². The van der Waals surface area contributed by atoms with Crippen molar-refractivity contribution in [3.05, 3.63) is 29.8 Å². The minimum absolute atomic E-state index is 0.257. The van der Waals surface area contributed by atoms with Gasteiger partial charge in [0.05, 0.1) is 0 Å². The molecule has 0 spiro atoms. The first-order chi connectivity index (χ1) is 8.58. The Morgan fingerprint density at radius 2 is 2.39 bits per heavy atom. The van der Waals surface area contributed by atoms with E-state index in [2.05, 4.69) is 29.2 Å². The van der Waals surface area contributed by atoms with Gasteiger partial charge in [0.25, 0.3) is 5.91 Å². The molecule has 4 nitrogen and oxygen atoms in total. The van der Waals surface area contributed by atoms with E-state index in [9.17, 15) is 9.18 Å². The molecule has 1 aromatic rings. The molecular weight excluding hydrogens is 233 g/mol. The SMILES string of the molecule is CC(CNC(=O)c1ccnc(F)c1)N(C)C1CC1. The number of nitrogens with zero attached hydrogens (tertiary/aromatic N) is 2. The van der Waals surface area contributed by atoms with Gasteiger partial charge in [-0.05, 0) is 32.9 Å². The summed E-state index contributed by atoms with van der Waals surface area (Å²) in [7, 11) is 2.07. The van der Waals surface area contributed by atoms with Crippen molar-refractivity contribution in [1.82, 2.24) is 15.2 Å². The third-order valence-corrected chi connectivity index (χ3v) is 3.36. The van der Waals surface area contributed by atoms with Crippen LogP contribution in [0.15, 0.2) is 18.3 Å². The van der Waals surface area contributed by atoms with E-state index < -0.39 is 5.95 Å². The zero-order valence-corrected chi connectivity index (χ0v) is 10.7. The monoisotopic (exact) mass is 251 g/mol. The molecule has 1 aliphatic rings. The molecule has 1 saturated carbocycles. The first kappa shape index (κ1) is 13.0. The molecule has 0 bridgehead atoms. The fourth-order valence-electron chi connectivity index (χ4n) is 1.87. The van der Waals surface area contributed by atoms with Crippen LogP contribution in [-0.4, -0.2) is 41.5 Å². The topological polar surface area (TPSA) is 45.2 Å². The number of hydrogen-bond donors (Lipinski definition) is 1. The summed E-state index contributed by atoms with van der Waals surface area (Å²) in [5, 5.41) is 2.81. The molecular formula is C13H18FN3O. The Kier molecular flexibility index (Phi) is 3.91. The highest BCUT2D eigenvalue weighted by Gasteiger charge is 2.29. The fraction of sp³-hybridized carbons (Fsp3) is 0.538. The summed E-state index contributed by atoms with van der Waals surface area (Å²) in [5.41, 5.74) is 0.309. The number of likely N-dealkylation sites (N-methyl/N-ethyl adjacent to an activating group) is 1. The van der Waals surface area contributed by atoms with E-state index in [0.717, 1.165) is 6.07 Å². The van der Waals surface area contributed by atoms with Crippen LogP contribution < -0.4 is 5.32 Å². The number of amides is 1. The molecule has 0 aromatic carbocycles. The molecule has 1 aromatic heterocycles. The summed E-state index contributed by atoms with van der Waals surface area (Å²) >= 11 is 0. The quantitative estimate of drug-likeness (QED) is 0.805. The summed E-state index contributed by atoms with van der Waals surface area (Å²) in [4.78, 5) is 17.5. The third kappa shape index (κ3) is 3.26. The van der Waals surface area contributed by atoms with Crippen molar-refractivity contribution < 1.29 is 9.18 Å². The van der Waals surface area contributed by atoms with Crippen LogP contribution in [-0.2, 0) is 0 Å². The first-order valence-corrected chi connectivity index (χ1v) is 6.19. The molecule has 2 rings (SSSR count). The predicted octanol–water partition coefficient (Wildman–Crippen LogP) is 1.43. The van der Waals surface area contributed by atoms with E-state index in [1.54, 1.807) is 0 Å². The van der Waals surface area contributed by atoms with Crippen LogP contribution >= 0.6 is 0 Å². The minimum atomic E-state index is -0.634. The van der Waals surface area contributed by atoms with Gasteiger partial charge in [-0.25, -0.2) is 4.98 Å². The molecule has 1 heterocycles. The van der Waals surface area contributed by atoms with Gasteiger partial charge in [-0.3, -0.25) is 9.69 Å². The number of hydrogen-bond acceptors (Lipinski definition) is 3. The molecule has 1 N–H and O–H groups in total. The van der Waals surface area contributed by atoms with Crippen molar-refractivity contribution in [3.8, 4) is 0 Å². The van der Waals surface area contributed by atoms with Crippen LogP contribution in [0.1, 0.15) is 30.1 Å². The number of pyridine rings is 1. The lowest BCUT2D eigenvalue weighted by Crippen LogP contribution is -2.41. The average Bonchev–Trinajstić information content (AvgIpc) is 3.18. The normalized spacial score (nSPS) is 16.7. The fourth-order valence-corrected chi connectivity index (χ4v) is 1.87. The third-order valence-electron chi connectivity index (χ3n) is 3.36. The van der Waals surface area contributed by atoms with Crippen molar-refractivity contribution >= 4 is 5.91 Å². The van der Waals surface area contributed by atoms with Crippen LogP contribution in [0.4, 0.5) is 4.39 Å². The Hall–Kier alpha value is -1.49.